The van der Waals surface area contributed by atoms with Gasteiger partial charge in [-0.05, 0) is 24.4 Å². The molecule has 0 aliphatic heterocycles. The Morgan fingerprint density at radius 3 is 2.63 bits per heavy atom. The van der Waals surface area contributed by atoms with Crippen molar-refractivity contribution in [3.63, 3.8) is 0 Å². The highest BCUT2D eigenvalue weighted by molar-refractivity contribution is 5.24. The molecule has 19 heavy (non-hydrogen) atoms. The molecule has 1 N–H and O–H groups in total. The van der Waals surface area contributed by atoms with Gasteiger partial charge >= 0.3 is 0 Å². The van der Waals surface area contributed by atoms with E-state index in [4.69, 9.17) is 10.00 Å². The lowest BCUT2D eigenvalue weighted by Gasteiger charge is -2.11. The number of nitriles is 1. The predicted molar refractivity (Wildman–Crippen MR) is 77.9 cm³/mol. The molecule has 1 unspecified atom stereocenters. The van der Waals surface area contributed by atoms with Crippen LogP contribution in [-0.4, -0.2) is 26.3 Å². The lowest BCUT2D eigenvalue weighted by atomic mass is 10.0. The molecule has 0 amide bonds. The van der Waals surface area contributed by atoms with Crippen LogP contribution in [0.3, 0.4) is 0 Å². The fourth-order valence-corrected chi connectivity index (χ4v) is 1.79. The van der Waals surface area contributed by atoms with E-state index in [-0.39, 0.29) is 5.92 Å². The summed E-state index contributed by atoms with van der Waals surface area (Å²) in [6.45, 7) is 7.50. The summed E-state index contributed by atoms with van der Waals surface area (Å²) in [4.78, 5) is 0. The molecule has 1 aromatic rings. The zero-order chi connectivity index (χ0) is 13.9. The molecular weight excluding hydrogens is 236 g/mol. The van der Waals surface area contributed by atoms with Gasteiger partial charge in [0.25, 0.3) is 0 Å². The maximum absolute atomic E-state index is 9.17. The summed E-state index contributed by atoms with van der Waals surface area (Å²) < 4.78 is 5.51. The summed E-state index contributed by atoms with van der Waals surface area (Å²) in [6, 6.07) is 12.3. The largest absolute Gasteiger partial charge is 0.381 e. The normalized spacial score (nSPS) is 12.3. The molecule has 0 radical (unpaired) electrons. The zero-order valence-corrected chi connectivity index (χ0v) is 11.9. The fraction of sp³-hybridized carbons (Fsp3) is 0.562. The second-order valence-corrected chi connectivity index (χ2v) is 5.12. The highest BCUT2D eigenvalue weighted by Gasteiger charge is 2.08. The molecule has 0 fully saturated rings. The van der Waals surface area contributed by atoms with Gasteiger partial charge in [-0.2, -0.15) is 5.26 Å². The molecule has 0 spiro atoms. The predicted octanol–water partition coefficient (Wildman–Crippen LogP) is 2.95. The molecule has 3 nitrogen and oxygen atoms in total. The summed E-state index contributed by atoms with van der Waals surface area (Å²) in [7, 11) is 0. The Labute approximate surface area is 116 Å². The van der Waals surface area contributed by atoms with Crippen LogP contribution < -0.4 is 5.32 Å². The molecule has 1 rings (SSSR count). The number of rotatable bonds is 9. The van der Waals surface area contributed by atoms with Gasteiger partial charge in [-0.1, -0.05) is 44.2 Å². The smallest absolute Gasteiger partial charge is 0.0837 e. The van der Waals surface area contributed by atoms with Crippen LogP contribution in [0.4, 0.5) is 0 Å². The number of ether oxygens (including phenoxy) is 1. The van der Waals surface area contributed by atoms with Crippen molar-refractivity contribution in [3.8, 4) is 6.07 Å². The molecule has 0 aliphatic carbocycles. The third-order valence-corrected chi connectivity index (χ3v) is 2.80. The Morgan fingerprint density at radius 2 is 2.00 bits per heavy atom. The standard InChI is InChI=1S/C16H24N2O/c1-14(2)13-19-10-6-9-18-12-16(11-17)15-7-4-3-5-8-15/h3-5,7-8,14,16,18H,6,9-10,12-13H2,1-2H3. The summed E-state index contributed by atoms with van der Waals surface area (Å²) >= 11 is 0. The van der Waals surface area contributed by atoms with Gasteiger partial charge in [-0.15, -0.1) is 0 Å². The first-order valence-corrected chi connectivity index (χ1v) is 6.97. The first kappa shape index (κ1) is 15.7. The summed E-state index contributed by atoms with van der Waals surface area (Å²) in [6.07, 6.45) is 0.986. The maximum Gasteiger partial charge on any atom is 0.0837 e. The molecule has 0 saturated heterocycles. The first-order chi connectivity index (χ1) is 9.24. The quantitative estimate of drug-likeness (QED) is 0.694. The lowest BCUT2D eigenvalue weighted by Crippen LogP contribution is -2.23. The van der Waals surface area contributed by atoms with Crippen LogP contribution >= 0.6 is 0 Å². The number of nitrogens with zero attached hydrogens (tertiary/aromatic N) is 1. The van der Waals surface area contributed by atoms with Crippen molar-refractivity contribution in [3.05, 3.63) is 35.9 Å². The van der Waals surface area contributed by atoms with Crippen LogP contribution in [0.25, 0.3) is 0 Å². The average molecular weight is 260 g/mol. The molecule has 0 aromatic heterocycles. The number of hydrogen-bond donors (Lipinski definition) is 1. The molecule has 3 heteroatoms. The van der Waals surface area contributed by atoms with Crippen LogP contribution in [0.1, 0.15) is 31.7 Å². The van der Waals surface area contributed by atoms with Crippen molar-refractivity contribution < 1.29 is 4.74 Å². The topological polar surface area (TPSA) is 45.0 Å². The number of hydrogen-bond acceptors (Lipinski definition) is 3. The van der Waals surface area contributed by atoms with E-state index in [1.807, 2.05) is 30.3 Å². The summed E-state index contributed by atoms with van der Waals surface area (Å²) in [5.74, 6) is 0.520. The third-order valence-electron chi connectivity index (χ3n) is 2.80. The SMILES string of the molecule is CC(C)COCCCNCC(C#N)c1ccccc1. The Kier molecular flexibility index (Phi) is 7.88. The summed E-state index contributed by atoms with van der Waals surface area (Å²) in [5.41, 5.74) is 1.08. The minimum atomic E-state index is -0.0715. The van der Waals surface area contributed by atoms with Crippen molar-refractivity contribution in [1.29, 1.82) is 5.26 Å². The van der Waals surface area contributed by atoms with Gasteiger partial charge < -0.3 is 10.1 Å². The van der Waals surface area contributed by atoms with Gasteiger partial charge in [0, 0.05) is 19.8 Å². The van der Waals surface area contributed by atoms with Gasteiger partial charge in [0.15, 0.2) is 0 Å². The molecule has 1 aromatic carbocycles. The molecule has 104 valence electrons. The van der Waals surface area contributed by atoms with E-state index in [1.165, 1.54) is 0 Å². The van der Waals surface area contributed by atoms with Crippen molar-refractivity contribution in [2.45, 2.75) is 26.2 Å². The van der Waals surface area contributed by atoms with E-state index in [2.05, 4.69) is 25.2 Å². The molecule has 1 atom stereocenters. The van der Waals surface area contributed by atoms with Crippen LogP contribution in [-0.2, 0) is 4.74 Å². The highest BCUT2D eigenvalue weighted by Crippen LogP contribution is 2.12. The van der Waals surface area contributed by atoms with E-state index in [1.54, 1.807) is 0 Å². The minimum Gasteiger partial charge on any atom is -0.381 e. The Balaban J connectivity index is 2.13. The maximum atomic E-state index is 9.17. The van der Waals surface area contributed by atoms with Crippen molar-refractivity contribution in [2.24, 2.45) is 5.92 Å². The van der Waals surface area contributed by atoms with Crippen LogP contribution in [0.2, 0.25) is 0 Å². The zero-order valence-electron chi connectivity index (χ0n) is 11.9. The monoisotopic (exact) mass is 260 g/mol. The summed E-state index contributed by atoms with van der Waals surface area (Å²) in [5, 5.41) is 12.5. The Hall–Kier alpha value is -1.37. The van der Waals surface area contributed by atoms with E-state index >= 15 is 0 Å². The molecular formula is C16H24N2O. The molecule has 0 aliphatic rings. The Morgan fingerprint density at radius 1 is 1.26 bits per heavy atom. The molecule has 0 saturated carbocycles. The highest BCUT2D eigenvalue weighted by atomic mass is 16.5. The number of benzene rings is 1. The van der Waals surface area contributed by atoms with E-state index in [0.717, 1.165) is 31.7 Å². The van der Waals surface area contributed by atoms with Gasteiger partial charge in [0.1, 0.15) is 0 Å². The fourth-order valence-electron chi connectivity index (χ4n) is 1.79. The lowest BCUT2D eigenvalue weighted by molar-refractivity contribution is 0.108. The van der Waals surface area contributed by atoms with E-state index in [0.29, 0.717) is 12.5 Å². The first-order valence-electron chi connectivity index (χ1n) is 6.97. The second kappa shape index (κ2) is 9.55. The molecule has 0 heterocycles. The van der Waals surface area contributed by atoms with Crippen LogP contribution in [0, 0.1) is 17.2 Å². The van der Waals surface area contributed by atoms with Crippen molar-refractivity contribution >= 4 is 0 Å². The van der Waals surface area contributed by atoms with Gasteiger partial charge in [-0.3, -0.25) is 0 Å². The molecule has 0 bridgehead atoms. The van der Waals surface area contributed by atoms with Gasteiger partial charge in [0.2, 0.25) is 0 Å². The van der Waals surface area contributed by atoms with Crippen molar-refractivity contribution in [2.75, 3.05) is 26.3 Å². The average Bonchev–Trinajstić information content (AvgIpc) is 2.42. The van der Waals surface area contributed by atoms with Gasteiger partial charge in [0.05, 0.1) is 12.0 Å². The van der Waals surface area contributed by atoms with Crippen LogP contribution in [0.15, 0.2) is 30.3 Å². The second-order valence-electron chi connectivity index (χ2n) is 5.12. The van der Waals surface area contributed by atoms with Crippen molar-refractivity contribution in [1.82, 2.24) is 5.32 Å². The minimum absolute atomic E-state index is 0.0715. The third kappa shape index (κ3) is 6.95. The van der Waals surface area contributed by atoms with Crippen LogP contribution in [0.5, 0.6) is 0 Å². The van der Waals surface area contributed by atoms with E-state index in [9.17, 15) is 0 Å². The number of nitrogens with one attached hydrogen (secondary N) is 1. The Bertz CT molecular complexity index is 370. The van der Waals surface area contributed by atoms with Gasteiger partial charge in [-0.25, -0.2) is 0 Å². The van der Waals surface area contributed by atoms with E-state index < -0.39 is 0 Å².